The Kier molecular flexibility index (Phi) is 9.72. The molecule has 0 aliphatic rings. The number of carbonyl (C=O) groups excluding carboxylic acids is 2. The number of hydrogen-bond acceptors (Lipinski definition) is 4. The molecule has 3 aromatic carbocycles. The van der Waals surface area contributed by atoms with Gasteiger partial charge in [-0.05, 0) is 56.2 Å². The Balaban J connectivity index is 2.04. The van der Waals surface area contributed by atoms with Crippen molar-refractivity contribution in [2.24, 2.45) is 0 Å². The number of aryl methyl sites for hydroxylation is 1. The third kappa shape index (κ3) is 7.11. The van der Waals surface area contributed by atoms with Crippen LogP contribution in [0.25, 0.3) is 0 Å². The third-order valence-corrected chi connectivity index (χ3v) is 7.94. The Bertz CT molecular complexity index is 1310. The number of likely N-dealkylation sites (N-methyl/N-ethyl adjacent to an activating group) is 1. The normalized spacial score (nSPS) is 12.0. The molecule has 9 heteroatoms. The Labute approximate surface area is 224 Å². The smallest absolute Gasteiger partial charge is 0.264 e. The molecule has 0 aliphatic carbocycles. The minimum absolute atomic E-state index is 0.0450. The Morgan fingerprint density at radius 2 is 1.62 bits per heavy atom. The van der Waals surface area contributed by atoms with Crippen LogP contribution in [-0.2, 0) is 26.2 Å². The maximum atomic E-state index is 13.9. The van der Waals surface area contributed by atoms with Crippen LogP contribution in [0.1, 0.15) is 31.4 Å². The van der Waals surface area contributed by atoms with Gasteiger partial charge < -0.3 is 10.2 Å². The number of halogens is 1. The second kappa shape index (κ2) is 12.7. The number of amides is 2. The van der Waals surface area contributed by atoms with Crippen LogP contribution in [0.5, 0.6) is 0 Å². The molecule has 2 amide bonds. The molecule has 0 unspecified atom stereocenters. The number of benzene rings is 3. The van der Waals surface area contributed by atoms with Gasteiger partial charge in [-0.15, -0.1) is 0 Å². The fourth-order valence-electron chi connectivity index (χ4n) is 3.98. The molecule has 0 saturated heterocycles. The van der Waals surface area contributed by atoms with Crippen molar-refractivity contribution < 1.29 is 18.0 Å². The van der Waals surface area contributed by atoms with Crippen LogP contribution < -0.4 is 9.62 Å². The molecule has 0 heterocycles. The van der Waals surface area contributed by atoms with E-state index in [0.29, 0.717) is 18.0 Å². The first kappa shape index (κ1) is 28.2. The highest BCUT2D eigenvalue weighted by Crippen LogP contribution is 2.27. The molecule has 0 radical (unpaired) electrons. The Morgan fingerprint density at radius 3 is 2.22 bits per heavy atom. The second-order valence-electron chi connectivity index (χ2n) is 8.63. The SMILES string of the molecule is CCNC(=O)[C@@H](CC)N(Cc1ccc(C)cc1)C(=O)CN(c1cccc(Cl)c1)S(=O)(=O)c1ccccc1. The van der Waals surface area contributed by atoms with Crippen molar-refractivity contribution in [3.63, 3.8) is 0 Å². The highest BCUT2D eigenvalue weighted by molar-refractivity contribution is 7.92. The van der Waals surface area contributed by atoms with Gasteiger partial charge in [0.1, 0.15) is 12.6 Å². The first-order chi connectivity index (χ1) is 17.7. The van der Waals surface area contributed by atoms with Gasteiger partial charge in [0.15, 0.2) is 0 Å². The second-order valence-corrected chi connectivity index (χ2v) is 10.9. The number of sulfonamides is 1. The topological polar surface area (TPSA) is 86.8 Å². The van der Waals surface area contributed by atoms with Crippen LogP contribution in [-0.4, -0.2) is 44.3 Å². The number of carbonyl (C=O) groups is 2. The summed E-state index contributed by atoms with van der Waals surface area (Å²) in [4.78, 5) is 28.3. The summed E-state index contributed by atoms with van der Waals surface area (Å²) in [5.41, 5.74) is 2.16. The average molecular weight is 542 g/mol. The number of nitrogens with zero attached hydrogens (tertiary/aromatic N) is 2. The average Bonchev–Trinajstić information content (AvgIpc) is 2.88. The van der Waals surface area contributed by atoms with Gasteiger partial charge in [-0.25, -0.2) is 8.42 Å². The lowest BCUT2D eigenvalue weighted by molar-refractivity contribution is -0.140. The van der Waals surface area contributed by atoms with E-state index in [0.717, 1.165) is 15.4 Å². The third-order valence-electron chi connectivity index (χ3n) is 5.92. The van der Waals surface area contributed by atoms with Gasteiger partial charge in [0, 0.05) is 18.1 Å². The fourth-order valence-corrected chi connectivity index (χ4v) is 5.59. The molecule has 196 valence electrons. The molecular weight excluding hydrogens is 510 g/mol. The van der Waals surface area contributed by atoms with Crippen LogP contribution in [0, 0.1) is 6.92 Å². The first-order valence-electron chi connectivity index (χ1n) is 12.1. The lowest BCUT2D eigenvalue weighted by atomic mass is 10.1. The van der Waals surface area contributed by atoms with Gasteiger partial charge in [0.2, 0.25) is 11.8 Å². The lowest BCUT2D eigenvalue weighted by Gasteiger charge is -2.33. The minimum Gasteiger partial charge on any atom is -0.355 e. The highest BCUT2D eigenvalue weighted by atomic mass is 35.5. The van der Waals surface area contributed by atoms with Gasteiger partial charge in [-0.3, -0.25) is 13.9 Å². The molecule has 0 aromatic heterocycles. The predicted molar refractivity (Wildman–Crippen MR) is 147 cm³/mol. The summed E-state index contributed by atoms with van der Waals surface area (Å²) in [6, 6.07) is 21.2. The van der Waals surface area contributed by atoms with E-state index in [9.17, 15) is 18.0 Å². The van der Waals surface area contributed by atoms with Crippen molar-refractivity contribution in [3.05, 3.63) is 95.0 Å². The van der Waals surface area contributed by atoms with E-state index >= 15 is 0 Å². The Morgan fingerprint density at radius 1 is 0.946 bits per heavy atom. The van der Waals surface area contributed by atoms with Crippen molar-refractivity contribution in [2.45, 2.75) is 44.7 Å². The molecule has 0 spiro atoms. The van der Waals surface area contributed by atoms with Crippen molar-refractivity contribution in [3.8, 4) is 0 Å². The summed E-state index contributed by atoms with van der Waals surface area (Å²) in [5, 5.41) is 3.13. The molecule has 0 fully saturated rings. The number of anilines is 1. The van der Waals surface area contributed by atoms with Crippen molar-refractivity contribution in [2.75, 3.05) is 17.4 Å². The number of nitrogens with one attached hydrogen (secondary N) is 1. The maximum absolute atomic E-state index is 13.9. The zero-order valence-electron chi connectivity index (χ0n) is 21.2. The molecule has 7 nitrogen and oxygen atoms in total. The molecule has 3 aromatic rings. The minimum atomic E-state index is -4.11. The Hall–Kier alpha value is -3.36. The molecule has 1 N–H and O–H groups in total. The summed E-state index contributed by atoms with van der Waals surface area (Å²) in [7, 11) is -4.11. The maximum Gasteiger partial charge on any atom is 0.264 e. The van der Waals surface area contributed by atoms with Gasteiger partial charge in [-0.1, -0.05) is 72.6 Å². The monoisotopic (exact) mass is 541 g/mol. The molecule has 37 heavy (non-hydrogen) atoms. The van der Waals surface area contributed by atoms with Crippen LogP contribution in [0.2, 0.25) is 5.02 Å². The fraction of sp³-hybridized carbons (Fsp3) is 0.286. The van der Waals surface area contributed by atoms with Crippen molar-refractivity contribution in [1.82, 2.24) is 10.2 Å². The summed E-state index contributed by atoms with van der Waals surface area (Å²) in [5.74, 6) is -0.788. The highest BCUT2D eigenvalue weighted by Gasteiger charge is 2.33. The summed E-state index contributed by atoms with van der Waals surface area (Å²) in [6.07, 6.45) is 0.367. The first-order valence-corrected chi connectivity index (χ1v) is 13.9. The molecule has 3 rings (SSSR count). The lowest BCUT2D eigenvalue weighted by Crippen LogP contribution is -2.52. The van der Waals surface area contributed by atoms with E-state index in [4.69, 9.17) is 11.6 Å². The van der Waals surface area contributed by atoms with Crippen LogP contribution >= 0.6 is 11.6 Å². The zero-order chi connectivity index (χ0) is 27.0. The standard InChI is InChI=1S/C28H32ClN3O4S/c1-4-26(28(34)30-5-2)31(19-22-16-14-21(3)15-17-22)27(33)20-32(24-11-9-10-23(29)18-24)37(35,36)25-12-7-6-8-13-25/h6-18,26H,4-5,19-20H2,1-3H3,(H,30,34)/t26-/m1/s1. The van der Waals surface area contributed by atoms with E-state index in [-0.39, 0.29) is 23.0 Å². The molecule has 1 atom stereocenters. The quantitative estimate of drug-likeness (QED) is 0.378. The van der Waals surface area contributed by atoms with E-state index in [1.165, 1.54) is 23.1 Å². The predicted octanol–water partition coefficient (Wildman–Crippen LogP) is 4.79. The number of rotatable bonds is 11. The van der Waals surface area contributed by atoms with E-state index < -0.39 is 28.5 Å². The van der Waals surface area contributed by atoms with Gasteiger partial charge >= 0.3 is 0 Å². The largest absolute Gasteiger partial charge is 0.355 e. The van der Waals surface area contributed by atoms with E-state index in [1.54, 1.807) is 36.4 Å². The van der Waals surface area contributed by atoms with Crippen molar-refractivity contribution >= 4 is 39.1 Å². The molecular formula is C28H32ClN3O4S. The summed E-state index contributed by atoms with van der Waals surface area (Å²) in [6.45, 7) is 5.67. The zero-order valence-corrected chi connectivity index (χ0v) is 22.8. The molecule has 0 bridgehead atoms. The van der Waals surface area contributed by atoms with Gasteiger partial charge in [0.05, 0.1) is 10.6 Å². The van der Waals surface area contributed by atoms with Gasteiger partial charge in [0.25, 0.3) is 10.0 Å². The van der Waals surface area contributed by atoms with Crippen LogP contribution in [0.4, 0.5) is 5.69 Å². The summed E-state index contributed by atoms with van der Waals surface area (Å²) >= 11 is 6.18. The van der Waals surface area contributed by atoms with Crippen LogP contribution in [0.3, 0.4) is 0 Å². The summed E-state index contributed by atoms with van der Waals surface area (Å²) < 4.78 is 28.5. The van der Waals surface area contributed by atoms with E-state index in [1.807, 2.05) is 45.0 Å². The van der Waals surface area contributed by atoms with Crippen LogP contribution in [0.15, 0.2) is 83.8 Å². The van der Waals surface area contributed by atoms with E-state index in [2.05, 4.69) is 5.32 Å². The van der Waals surface area contributed by atoms with Crippen molar-refractivity contribution in [1.29, 1.82) is 0 Å². The number of hydrogen-bond donors (Lipinski definition) is 1. The van der Waals surface area contributed by atoms with Gasteiger partial charge in [-0.2, -0.15) is 0 Å². The molecule has 0 saturated carbocycles. The molecule has 0 aliphatic heterocycles.